The van der Waals surface area contributed by atoms with Crippen LogP contribution in [0.4, 0.5) is 5.69 Å². The van der Waals surface area contributed by atoms with E-state index in [0.717, 1.165) is 24.2 Å². The van der Waals surface area contributed by atoms with Crippen LogP contribution >= 0.6 is 0 Å². The predicted molar refractivity (Wildman–Crippen MR) is 93.3 cm³/mol. The Hall–Kier alpha value is -1.90. The van der Waals surface area contributed by atoms with Crippen molar-refractivity contribution in [1.29, 1.82) is 0 Å². The Morgan fingerprint density at radius 2 is 1.74 bits per heavy atom. The molecule has 1 aromatic rings. The Kier molecular flexibility index (Phi) is 5.40. The minimum atomic E-state index is -0.242. The number of hydrogen-bond acceptors (Lipinski definition) is 3. The second kappa shape index (κ2) is 7.12. The van der Waals surface area contributed by atoms with E-state index in [1.807, 2.05) is 38.1 Å². The Balaban J connectivity index is 2.22. The molecule has 3 heteroatoms. The number of para-hydroxylation sites is 1. The van der Waals surface area contributed by atoms with Crippen molar-refractivity contribution >= 4 is 17.3 Å². The molecule has 0 saturated heterocycles. The van der Waals surface area contributed by atoms with Crippen molar-refractivity contribution in [2.45, 2.75) is 47.0 Å². The topological polar surface area (TPSA) is 46.2 Å². The maximum atomic E-state index is 12.3. The Morgan fingerprint density at radius 1 is 1.13 bits per heavy atom. The second-order valence-corrected chi connectivity index (χ2v) is 7.52. The van der Waals surface area contributed by atoms with Gasteiger partial charge < -0.3 is 5.32 Å². The maximum Gasteiger partial charge on any atom is 0.167 e. The third kappa shape index (κ3) is 4.78. The van der Waals surface area contributed by atoms with Crippen molar-refractivity contribution in [3.8, 4) is 0 Å². The third-order valence-corrected chi connectivity index (χ3v) is 4.06. The first-order valence-electron chi connectivity index (χ1n) is 8.32. The number of rotatable bonds is 5. The van der Waals surface area contributed by atoms with Crippen LogP contribution in [0.15, 0.2) is 29.8 Å². The van der Waals surface area contributed by atoms with Gasteiger partial charge in [-0.3, -0.25) is 9.59 Å². The summed E-state index contributed by atoms with van der Waals surface area (Å²) < 4.78 is 0. The molecule has 1 fully saturated rings. The van der Waals surface area contributed by atoms with E-state index in [0.29, 0.717) is 18.8 Å². The Labute approximate surface area is 139 Å². The lowest BCUT2D eigenvalue weighted by Gasteiger charge is -2.28. The molecule has 0 spiro atoms. The summed E-state index contributed by atoms with van der Waals surface area (Å²) in [5.74, 6) is 0.437. The van der Waals surface area contributed by atoms with Crippen LogP contribution in [0.5, 0.6) is 0 Å². The van der Waals surface area contributed by atoms with E-state index in [4.69, 9.17) is 0 Å². The van der Waals surface area contributed by atoms with Gasteiger partial charge in [0.15, 0.2) is 11.6 Å². The number of benzene rings is 1. The number of hydrogen-bond donors (Lipinski definition) is 1. The van der Waals surface area contributed by atoms with Gasteiger partial charge in [0.25, 0.3) is 0 Å². The summed E-state index contributed by atoms with van der Waals surface area (Å²) in [6.45, 7) is 9.15. The molecular weight excluding hydrogens is 286 g/mol. The summed E-state index contributed by atoms with van der Waals surface area (Å²) in [6.07, 6.45) is 4.96. The Morgan fingerprint density at radius 3 is 2.35 bits per heavy atom. The molecule has 3 nitrogen and oxygen atoms in total. The molecule has 0 unspecified atom stereocenters. The third-order valence-electron chi connectivity index (χ3n) is 4.06. The number of carbonyl (C=O) groups is 2. The highest BCUT2D eigenvalue weighted by atomic mass is 16.1. The van der Waals surface area contributed by atoms with Gasteiger partial charge in [0, 0.05) is 36.7 Å². The van der Waals surface area contributed by atoms with Crippen molar-refractivity contribution in [2.75, 3.05) is 11.9 Å². The molecule has 0 bridgehead atoms. The summed E-state index contributed by atoms with van der Waals surface area (Å²) in [5, 5.41) is 3.38. The van der Waals surface area contributed by atoms with E-state index in [1.54, 1.807) is 0 Å². The molecule has 2 rings (SSSR count). The number of anilines is 1. The SMILES string of the molecule is CC(C)CCNc1ccccc1[C]=C1C(=O)CC(C)(C)CC1=O. The van der Waals surface area contributed by atoms with E-state index < -0.39 is 0 Å². The van der Waals surface area contributed by atoms with Gasteiger partial charge in [0.1, 0.15) is 0 Å². The van der Waals surface area contributed by atoms with Crippen molar-refractivity contribution in [1.82, 2.24) is 0 Å². The molecular formula is C20H26NO2. The highest BCUT2D eigenvalue weighted by molar-refractivity contribution is 6.22. The largest absolute Gasteiger partial charge is 0.385 e. The van der Waals surface area contributed by atoms with Gasteiger partial charge >= 0.3 is 0 Å². The van der Waals surface area contributed by atoms with Crippen molar-refractivity contribution in [3.63, 3.8) is 0 Å². The van der Waals surface area contributed by atoms with Gasteiger partial charge in [0.05, 0.1) is 5.57 Å². The van der Waals surface area contributed by atoms with Crippen LogP contribution < -0.4 is 5.32 Å². The van der Waals surface area contributed by atoms with Crippen LogP contribution in [0.1, 0.15) is 52.5 Å². The molecule has 123 valence electrons. The standard InChI is InChI=1S/C20H26NO2/c1-14(2)9-10-21-17-8-6-5-7-15(17)11-16-18(22)12-20(3,4)13-19(16)23/h5-8,14,21H,9-10,12-13H2,1-4H3. The van der Waals surface area contributed by atoms with Crippen LogP contribution in [0, 0.1) is 17.4 Å². The molecule has 0 heterocycles. The Bertz CT molecular complexity index is 604. The fourth-order valence-corrected chi connectivity index (χ4v) is 2.78. The zero-order chi connectivity index (χ0) is 17.0. The highest BCUT2D eigenvalue weighted by Gasteiger charge is 2.35. The van der Waals surface area contributed by atoms with E-state index >= 15 is 0 Å². The van der Waals surface area contributed by atoms with Crippen molar-refractivity contribution in [3.05, 3.63) is 41.5 Å². The number of ketones is 2. The summed E-state index contributed by atoms with van der Waals surface area (Å²) in [7, 11) is 0. The number of carbonyl (C=O) groups excluding carboxylic acids is 2. The average Bonchev–Trinajstić information content (AvgIpc) is 2.43. The van der Waals surface area contributed by atoms with E-state index in [2.05, 4.69) is 25.2 Å². The van der Waals surface area contributed by atoms with Gasteiger partial charge in [0.2, 0.25) is 0 Å². The molecule has 0 atom stereocenters. The van der Waals surface area contributed by atoms with Gasteiger partial charge in [-0.2, -0.15) is 0 Å². The molecule has 1 saturated carbocycles. The first-order valence-corrected chi connectivity index (χ1v) is 8.32. The molecule has 0 aliphatic heterocycles. The van der Waals surface area contributed by atoms with Gasteiger partial charge in [-0.1, -0.05) is 45.9 Å². The number of Topliss-reactive ketones (excluding diaryl/α,β-unsaturated/α-hetero) is 2. The van der Waals surface area contributed by atoms with E-state index in [-0.39, 0.29) is 22.6 Å². The summed E-state index contributed by atoms with van der Waals surface area (Å²) >= 11 is 0. The summed E-state index contributed by atoms with van der Waals surface area (Å²) in [6, 6.07) is 7.70. The molecule has 1 aromatic carbocycles. The van der Waals surface area contributed by atoms with Crippen LogP contribution in [-0.4, -0.2) is 18.1 Å². The zero-order valence-corrected chi connectivity index (χ0v) is 14.5. The second-order valence-electron chi connectivity index (χ2n) is 7.52. The minimum absolute atomic E-state index is 0.0942. The lowest BCUT2D eigenvalue weighted by atomic mass is 9.74. The highest BCUT2D eigenvalue weighted by Crippen LogP contribution is 2.34. The lowest BCUT2D eigenvalue weighted by molar-refractivity contribution is -0.127. The molecule has 0 amide bonds. The number of nitrogens with one attached hydrogen (secondary N) is 1. The van der Waals surface area contributed by atoms with Crippen molar-refractivity contribution < 1.29 is 9.59 Å². The predicted octanol–water partition coefficient (Wildman–Crippen LogP) is 4.18. The van der Waals surface area contributed by atoms with E-state index in [1.165, 1.54) is 0 Å². The molecule has 0 aromatic heterocycles. The average molecular weight is 312 g/mol. The van der Waals surface area contributed by atoms with E-state index in [9.17, 15) is 9.59 Å². The first-order chi connectivity index (χ1) is 10.8. The molecule has 1 aliphatic rings. The normalized spacial score (nSPS) is 17.5. The zero-order valence-electron chi connectivity index (χ0n) is 14.5. The molecule has 23 heavy (non-hydrogen) atoms. The fourth-order valence-electron chi connectivity index (χ4n) is 2.78. The molecule has 1 radical (unpaired) electrons. The first kappa shape index (κ1) is 17.5. The molecule has 1 N–H and O–H groups in total. The van der Waals surface area contributed by atoms with Gasteiger partial charge in [-0.05, 0) is 23.8 Å². The number of allylic oxidation sites excluding steroid dienone is 1. The lowest BCUT2D eigenvalue weighted by Crippen LogP contribution is -2.31. The summed E-state index contributed by atoms with van der Waals surface area (Å²) in [5.41, 5.74) is 1.69. The van der Waals surface area contributed by atoms with Gasteiger partial charge in [-0.25, -0.2) is 0 Å². The maximum absolute atomic E-state index is 12.3. The van der Waals surface area contributed by atoms with Crippen LogP contribution in [0.3, 0.4) is 0 Å². The summed E-state index contributed by atoms with van der Waals surface area (Å²) in [4.78, 5) is 24.6. The van der Waals surface area contributed by atoms with Crippen LogP contribution in [0.2, 0.25) is 0 Å². The fraction of sp³-hybridized carbons (Fsp3) is 0.500. The van der Waals surface area contributed by atoms with Crippen molar-refractivity contribution in [2.24, 2.45) is 11.3 Å². The molecule has 1 aliphatic carbocycles. The smallest absolute Gasteiger partial charge is 0.167 e. The van der Waals surface area contributed by atoms with Crippen LogP contribution in [-0.2, 0) is 9.59 Å². The van der Waals surface area contributed by atoms with Crippen LogP contribution in [0.25, 0.3) is 0 Å². The van der Waals surface area contributed by atoms with Gasteiger partial charge in [-0.15, -0.1) is 0 Å². The monoisotopic (exact) mass is 312 g/mol. The minimum Gasteiger partial charge on any atom is -0.385 e. The quantitative estimate of drug-likeness (QED) is 0.655.